The van der Waals surface area contributed by atoms with Crippen molar-refractivity contribution in [2.24, 2.45) is 0 Å². The van der Waals surface area contributed by atoms with Gasteiger partial charge >= 0.3 is 0 Å². The van der Waals surface area contributed by atoms with Gasteiger partial charge in [0.25, 0.3) is 0 Å². The van der Waals surface area contributed by atoms with Crippen molar-refractivity contribution in [1.82, 2.24) is 9.88 Å². The number of anilines is 1. The van der Waals surface area contributed by atoms with Crippen LogP contribution in [-0.2, 0) is 9.53 Å². The van der Waals surface area contributed by atoms with Gasteiger partial charge in [-0.2, -0.15) is 0 Å². The van der Waals surface area contributed by atoms with Crippen LogP contribution in [0.4, 0.5) is 5.69 Å². The number of ether oxygens (including phenoxy) is 1. The van der Waals surface area contributed by atoms with Crippen molar-refractivity contribution in [1.29, 1.82) is 0 Å². The van der Waals surface area contributed by atoms with E-state index in [1.54, 1.807) is 18.5 Å². The number of nitrogens with zero attached hydrogens (tertiary/aromatic N) is 2. The SMILES string of the molecule is O=C(CCNc1ccncc1Cl)N1CCOCC1. The first-order chi connectivity index (χ1) is 8.77. The predicted molar refractivity (Wildman–Crippen MR) is 69.8 cm³/mol. The van der Waals surface area contributed by atoms with Crippen LogP contribution in [0, 0.1) is 0 Å². The van der Waals surface area contributed by atoms with Crippen molar-refractivity contribution in [2.75, 3.05) is 38.2 Å². The Balaban J connectivity index is 1.75. The van der Waals surface area contributed by atoms with Crippen molar-refractivity contribution in [2.45, 2.75) is 6.42 Å². The lowest BCUT2D eigenvalue weighted by Crippen LogP contribution is -2.41. The first kappa shape index (κ1) is 13.1. The molecule has 0 aliphatic carbocycles. The molecule has 0 bridgehead atoms. The van der Waals surface area contributed by atoms with E-state index < -0.39 is 0 Å². The molecular weight excluding hydrogens is 254 g/mol. The quantitative estimate of drug-likeness (QED) is 0.898. The summed E-state index contributed by atoms with van der Waals surface area (Å²) < 4.78 is 5.21. The summed E-state index contributed by atoms with van der Waals surface area (Å²) in [6, 6.07) is 1.79. The maximum atomic E-state index is 11.9. The number of carbonyl (C=O) groups is 1. The summed E-state index contributed by atoms with van der Waals surface area (Å²) in [7, 11) is 0. The molecule has 1 aliphatic heterocycles. The third kappa shape index (κ3) is 3.58. The smallest absolute Gasteiger partial charge is 0.224 e. The highest BCUT2D eigenvalue weighted by Crippen LogP contribution is 2.18. The van der Waals surface area contributed by atoms with E-state index in [1.807, 2.05) is 4.90 Å². The lowest BCUT2D eigenvalue weighted by molar-refractivity contribution is -0.134. The van der Waals surface area contributed by atoms with Crippen molar-refractivity contribution in [3.63, 3.8) is 0 Å². The van der Waals surface area contributed by atoms with Crippen LogP contribution in [0.2, 0.25) is 5.02 Å². The van der Waals surface area contributed by atoms with Gasteiger partial charge in [0, 0.05) is 38.4 Å². The zero-order valence-electron chi connectivity index (χ0n) is 10.1. The highest BCUT2D eigenvalue weighted by Gasteiger charge is 2.16. The fourth-order valence-electron chi connectivity index (χ4n) is 1.79. The lowest BCUT2D eigenvalue weighted by Gasteiger charge is -2.26. The van der Waals surface area contributed by atoms with E-state index in [0.29, 0.717) is 44.3 Å². The number of pyridine rings is 1. The van der Waals surface area contributed by atoms with E-state index in [4.69, 9.17) is 16.3 Å². The molecule has 2 rings (SSSR count). The fraction of sp³-hybridized carbons (Fsp3) is 0.500. The molecule has 0 unspecified atom stereocenters. The Morgan fingerprint density at radius 1 is 1.50 bits per heavy atom. The van der Waals surface area contributed by atoms with E-state index in [2.05, 4.69) is 10.3 Å². The second kappa shape index (κ2) is 6.56. The number of morpholine rings is 1. The molecular formula is C12H16ClN3O2. The van der Waals surface area contributed by atoms with Crippen LogP contribution >= 0.6 is 11.6 Å². The Labute approximate surface area is 111 Å². The first-order valence-electron chi connectivity index (χ1n) is 5.96. The number of amides is 1. The maximum Gasteiger partial charge on any atom is 0.224 e. The molecule has 1 aliphatic rings. The van der Waals surface area contributed by atoms with E-state index in [0.717, 1.165) is 5.69 Å². The molecule has 5 nitrogen and oxygen atoms in total. The summed E-state index contributed by atoms with van der Waals surface area (Å²) in [5.41, 5.74) is 0.807. The standard InChI is InChI=1S/C12H16ClN3O2/c13-10-9-14-3-1-11(10)15-4-2-12(17)16-5-7-18-8-6-16/h1,3,9H,2,4-8H2,(H,14,15). The molecule has 0 aromatic carbocycles. The number of hydrogen-bond acceptors (Lipinski definition) is 4. The number of hydrogen-bond donors (Lipinski definition) is 1. The number of rotatable bonds is 4. The number of aromatic nitrogens is 1. The van der Waals surface area contributed by atoms with Gasteiger partial charge < -0.3 is 15.0 Å². The minimum Gasteiger partial charge on any atom is -0.383 e. The lowest BCUT2D eigenvalue weighted by atomic mass is 10.3. The van der Waals surface area contributed by atoms with Gasteiger partial charge in [0.1, 0.15) is 0 Å². The molecule has 18 heavy (non-hydrogen) atoms. The third-order valence-corrected chi connectivity index (χ3v) is 3.09. The average molecular weight is 270 g/mol. The summed E-state index contributed by atoms with van der Waals surface area (Å²) in [6.45, 7) is 3.22. The van der Waals surface area contributed by atoms with Gasteiger partial charge in [0.2, 0.25) is 5.91 Å². The minimum atomic E-state index is 0.149. The fourth-order valence-corrected chi connectivity index (χ4v) is 1.98. The van der Waals surface area contributed by atoms with Gasteiger partial charge in [0.15, 0.2) is 0 Å². The largest absolute Gasteiger partial charge is 0.383 e. The summed E-state index contributed by atoms with van der Waals surface area (Å²) in [5, 5.41) is 3.70. The second-order valence-corrected chi connectivity index (χ2v) is 4.43. The Morgan fingerprint density at radius 2 is 2.28 bits per heavy atom. The van der Waals surface area contributed by atoms with Gasteiger partial charge in [-0.25, -0.2) is 0 Å². The number of carbonyl (C=O) groups excluding carboxylic acids is 1. The molecule has 1 aromatic heterocycles. The molecule has 6 heteroatoms. The van der Waals surface area contributed by atoms with E-state index in [9.17, 15) is 4.79 Å². The third-order valence-electron chi connectivity index (χ3n) is 2.79. The highest BCUT2D eigenvalue weighted by atomic mass is 35.5. The predicted octanol–water partition coefficient (Wildman–Crippen LogP) is 1.40. The van der Waals surface area contributed by atoms with E-state index in [1.165, 1.54) is 0 Å². The van der Waals surface area contributed by atoms with Crippen LogP contribution in [-0.4, -0.2) is 48.6 Å². The van der Waals surface area contributed by atoms with Crippen molar-refractivity contribution >= 4 is 23.2 Å². The van der Waals surface area contributed by atoms with Gasteiger partial charge in [-0.1, -0.05) is 11.6 Å². The zero-order valence-corrected chi connectivity index (χ0v) is 10.8. The topological polar surface area (TPSA) is 54.5 Å². The molecule has 0 spiro atoms. The number of halogens is 1. The Kier molecular flexibility index (Phi) is 4.78. The van der Waals surface area contributed by atoms with Crippen LogP contribution in [0.15, 0.2) is 18.5 Å². The molecule has 98 valence electrons. The minimum absolute atomic E-state index is 0.149. The Bertz CT molecular complexity index is 408. The maximum absolute atomic E-state index is 11.9. The average Bonchev–Trinajstić information content (AvgIpc) is 2.42. The summed E-state index contributed by atoms with van der Waals surface area (Å²) in [6.07, 6.45) is 3.70. The molecule has 0 radical (unpaired) electrons. The van der Waals surface area contributed by atoms with Crippen molar-refractivity contribution in [3.05, 3.63) is 23.5 Å². The van der Waals surface area contributed by atoms with Crippen LogP contribution in [0.3, 0.4) is 0 Å². The zero-order chi connectivity index (χ0) is 12.8. The molecule has 1 saturated heterocycles. The van der Waals surface area contributed by atoms with Gasteiger partial charge in [-0.15, -0.1) is 0 Å². The molecule has 1 aromatic rings. The monoisotopic (exact) mass is 269 g/mol. The molecule has 0 saturated carbocycles. The van der Waals surface area contributed by atoms with E-state index in [-0.39, 0.29) is 5.91 Å². The van der Waals surface area contributed by atoms with Gasteiger partial charge in [-0.05, 0) is 6.07 Å². The number of nitrogens with one attached hydrogen (secondary N) is 1. The summed E-state index contributed by atoms with van der Waals surface area (Å²) >= 11 is 5.95. The second-order valence-electron chi connectivity index (χ2n) is 4.03. The summed E-state index contributed by atoms with van der Waals surface area (Å²) in [4.78, 5) is 17.6. The molecule has 0 atom stereocenters. The normalized spacial score (nSPS) is 15.5. The van der Waals surface area contributed by atoms with Crippen LogP contribution < -0.4 is 5.32 Å². The van der Waals surface area contributed by atoms with E-state index >= 15 is 0 Å². The molecule has 2 heterocycles. The van der Waals surface area contributed by atoms with Gasteiger partial charge in [0.05, 0.1) is 23.9 Å². The van der Waals surface area contributed by atoms with Crippen LogP contribution in [0.25, 0.3) is 0 Å². The van der Waals surface area contributed by atoms with Crippen molar-refractivity contribution < 1.29 is 9.53 Å². The molecule has 1 N–H and O–H groups in total. The molecule has 1 fully saturated rings. The van der Waals surface area contributed by atoms with Crippen LogP contribution in [0.5, 0.6) is 0 Å². The Hall–Kier alpha value is -1.33. The Morgan fingerprint density at radius 3 is 3.00 bits per heavy atom. The van der Waals surface area contributed by atoms with Gasteiger partial charge in [-0.3, -0.25) is 9.78 Å². The molecule has 1 amide bonds. The van der Waals surface area contributed by atoms with Crippen LogP contribution in [0.1, 0.15) is 6.42 Å². The van der Waals surface area contributed by atoms with Crippen molar-refractivity contribution in [3.8, 4) is 0 Å². The summed E-state index contributed by atoms with van der Waals surface area (Å²) in [5.74, 6) is 0.149. The highest BCUT2D eigenvalue weighted by molar-refractivity contribution is 6.33. The first-order valence-corrected chi connectivity index (χ1v) is 6.34.